The number of nitrogens with zero attached hydrogens (tertiary/aromatic N) is 3. The summed E-state index contributed by atoms with van der Waals surface area (Å²) < 4.78 is 105. The molecule has 0 aliphatic heterocycles. The van der Waals surface area contributed by atoms with Gasteiger partial charge in [0.25, 0.3) is 0 Å². The number of halogens is 6. The summed E-state index contributed by atoms with van der Waals surface area (Å²) in [7, 11) is -4.14. The van der Waals surface area contributed by atoms with E-state index in [1.165, 1.54) is 54.6 Å². The fourth-order valence-corrected chi connectivity index (χ4v) is 6.87. The fourth-order valence-electron chi connectivity index (χ4n) is 5.25. The number of hydrogen-bond acceptors (Lipinski definition) is 5. The van der Waals surface area contributed by atoms with Gasteiger partial charge >= 0.3 is 0 Å². The van der Waals surface area contributed by atoms with E-state index in [2.05, 4.69) is 31.8 Å². The first-order valence-corrected chi connectivity index (χ1v) is 17.0. The Labute approximate surface area is 286 Å². The average Bonchev–Trinajstić information content (AvgIpc) is 3.91. The maximum Gasteiger partial charge on any atom is 0.249 e. The van der Waals surface area contributed by atoms with E-state index >= 15 is 0 Å². The maximum atomic E-state index is 15.0. The molecule has 0 unspecified atom stereocenters. The molecule has 0 radical (unpaired) electrons. The molecule has 3 aromatic carbocycles. The van der Waals surface area contributed by atoms with Crippen LogP contribution in [-0.2, 0) is 33.3 Å². The highest BCUT2D eigenvalue weighted by Crippen LogP contribution is 2.42. The van der Waals surface area contributed by atoms with Gasteiger partial charge < -0.3 is 9.64 Å². The third-order valence-electron chi connectivity index (χ3n) is 8.16. The van der Waals surface area contributed by atoms with Crippen LogP contribution in [0.3, 0.4) is 0 Å². The third-order valence-corrected chi connectivity index (χ3v) is 10.2. The van der Waals surface area contributed by atoms with Crippen LogP contribution in [0, 0.1) is 29.1 Å². The zero-order valence-corrected chi connectivity index (χ0v) is 28.6. The van der Waals surface area contributed by atoms with E-state index in [1.807, 2.05) is 12.1 Å². The number of hydrogen-bond donors (Lipinski definition) is 0. The van der Waals surface area contributed by atoms with Crippen molar-refractivity contribution < 1.29 is 39.9 Å². The second-order valence-electron chi connectivity index (χ2n) is 12.8. The Balaban J connectivity index is 1.60. The smallest absolute Gasteiger partial charge is 0.249 e. The van der Waals surface area contributed by atoms with E-state index in [4.69, 9.17) is 16.3 Å². The standard InChI is InChI=1S/C35H33ClF5N3O4S/c1-35(2,3)24-14-21(13-23(15-24)22-7-8-22)18-44(26-11-12-27(48-4)42-16-26)28(45)19-43(17-20-5-9-25(36)10-6-20)49(46,47)34-32(40)30(38)29(37)31(39)33(34)41/h5-6,9-16,22H,7-8,17-19H2,1-4H3. The van der Waals surface area contributed by atoms with E-state index in [-0.39, 0.29) is 34.1 Å². The molecule has 0 spiro atoms. The molecule has 14 heteroatoms. The summed E-state index contributed by atoms with van der Waals surface area (Å²) in [6, 6.07) is 14.7. The first-order chi connectivity index (χ1) is 23.0. The molecular formula is C35H33ClF5N3O4S. The molecule has 7 nitrogen and oxygen atoms in total. The van der Waals surface area contributed by atoms with Crippen molar-refractivity contribution >= 4 is 33.2 Å². The summed E-state index contributed by atoms with van der Waals surface area (Å²) in [5.74, 6) is -12.8. The lowest BCUT2D eigenvalue weighted by molar-refractivity contribution is -0.119. The first-order valence-electron chi connectivity index (χ1n) is 15.2. The molecule has 4 aromatic rings. The molecule has 260 valence electrons. The summed E-state index contributed by atoms with van der Waals surface area (Å²) >= 11 is 5.97. The molecule has 0 saturated heterocycles. The van der Waals surface area contributed by atoms with Crippen molar-refractivity contribution in [3.63, 3.8) is 0 Å². The molecule has 1 saturated carbocycles. The zero-order valence-electron chi connectivity index (χ0n) is 27.0. The third kappa shape index (κ3) is 7.89. The van der Waals surface area contributed by atoms with E-state index in [9.17, 15) is 35.2 Å². The van der Waals surface area contributed by atoms with Gasteiger partial charge in [-0.1, -0.05) is 62.7 Å². The van der Waals surface area contributed by atoms with Gasteiger partial charge in [-0.15, -0.1) is 0 Å². The monoisotopic (exact) mass is 721 g/mol. The minimum absolute atomic E-state index is 0.0617. The predicted molar refractivity (Wildman–Crippen MR) is 174 cm³/mol. The van der Waals surface area contributed by atoms with Gasteiger partial charge in [-0.25, -0.2) is 35.4 Å². The number of methoxy groups -OCH3 is 1. The maximum absolute atomic E-state index is 15.0. The number of pyridine rings is 1. The molecule has 1 aromatic heterocycles. The normalized spacial score (nSPS) is 13.5. The number of aromatic nitrogens is 1. The highest BCUT2D eigenvalue weighted by Gasteiger charge is 2.39. The second-order valence-corrected chi connectivity index (χ2v) is 15.1. The van der Waals surface area contributed by atoms with Crippen LogP contribution in [-0.4, -0.2) is 37.3 Å². The van der Waals surface area contributed by atoms with Gasteiger partial charge in [-0.2, -0.15) is 4.31 Å². The van der Waals surface area contributed by atoms with Gasteiger partial charge in [0.15, 0.2) is 28.2 Å². The van der Waals surface area contributed by atoms with Gasteiger partial charge in [-0.05, 0) is 64.6 Å². The first kappa shape index (κ1) is 36.2. The van der Waals surface area contributed by atoms with Crippen LogP contribution >= 0.6 is 11.6 Å². The largest absolute Gasteiger partial charge is 0.481 e. The molecule has 0 N–H and O–H groups in total. The van der Waals surface area contributed by atoms with Crippen LogP contribution in [0.5, 0.6) is 5.88 Å². The van der Waals surface area contributed by atoms with Crippen LogP contribution in [0.4, 0.5) is 27.6 Å². The lowest BCUT2D eigenvalue weighted by Gasteiger charge is -2.29. The predicted octanol–water partition coefficient (Wildman–Crippen LogP) is 8.04. The molecule has 49 heavy (non-hydrogen) atoms. The van der Waals surface area contributed by atoms with Crippen LogP contribution in [0.25, 0.3) is 0 Å². The Morgan fingerprint density at radius 3 is 2.02 bits per heavy atom. The van der Waals surface area contributed by atoms with Gasteiger partial charge in [-0.3, -0.25) is 4.79 Å². The van der Waals surface area contributed by atoms with Crippen LogP contribution in [0.2, 0.25) is 5.02 Å². The number of anilines is 1. The van der Waals surface area contributed by atoms with Crippen molar-refractivity contribution in [3.8, 4) is 5.88 Å². The molecule has 1 amide bonds. The van der Waals surface area contributed by atoms with Crippen LogP contribution in [0.1, 0.15) is 61.8 Å². The van der Waals surface area contributed by atoms with Gasteiger partial charge in [0.2, 0.25) is 27.6 Å². The van der Waals surface area contributed by atoms with E-state index in [0.29, 0.717) is 10.2 Å². The Morgan fingerprint density at radius 2 is 1.49 bits per heavy atom. The summed E-state index contributed by atoms with van der Waals surface area (Å²) in [6.45, 7) is 4.37. The molecule has 1 aliphatic carbocycles. The number of sulfonamides is 1. The highest BCUT2D eigenvalue weighted by molar-refractivity contribution is 7.89. The van der Waals surface area contributed by atoms with Crippen molar-refractivity contribution in [2.24, 2.45) is 0 Å². The van der Waals surface area contributed by atoms with Crippen molar-refractivity contribution in [2.75, 3.05) is 18.6 Å². The summed E-state index contributed by atoms with van der Waals surface area (Å²) in [5, 5.41) is 0.287. The van der Waals surface area contributed by atoms with E-state index < -0.39 is 63.0 Å². The Bertz CT molecular complexity index is 1960. The van der Waals surface area contributed by atoms with Crippen molar-refractivity contribution in [3.05, 3.63) is 117 Å². The molecule has 1 fully saturated rings. The van der Waals surface area contributed by atoms with Crippen molar-refractivity contribution in [2.45, 2.75) is 62.9 Å². The Hall–Kier alpha value is -4.07. The average molecular weight is 722 g/mol. The van der Waals surface area contributed by atoms with E-state index in [0.717, 1.165) is 29.5 Å². The summed E-state index contributed by atoms with van der Waals surface area (Å²) in [5.41, 5.74) is 3.05. The number of carbonyl (C=O) groups is 1. The van der Waals surface area contributed by atoms with Crippen molar-refractivity contribution in [1.82, 2.24) is 9.29 Å². The highest BCUT2D eigenvalue weighted by atomic mass is 35.5. The molecule has 0 bridgehead atoms. The van der Waals surface area contributed by atoms with Gasteiger partial charge in [0.1, 0.15) is 0 Å². The lowest BCUT2D eigenvalue weighted by Crippen LogP contribution is -2.43. The van der Waals surface area contributed by atoms with E-state index in [1.54, 1.807) is 0 Å². The number of rotatable bonds is 11. The Kier molecular flexibility index (Phi) is 10.4. The Morgan fingerprint density at radius 1 is 0.878 bits per heavy atom. The zero-order chi connectivity index (χ0) is 35.8. The minimum Gasteiger partial charge on any atom is -0.481 e. The summed E-state index contributed by atoms with van der Waals surface area (Å²) in [6.07, 6.45) is 3.38. The lowest BCUT2D eigenvalue weighted by atomic mass is 9.84. The second kappa shape index (κ2) is 14.0. The molecule has 5 rings (SSSR count). The molecule has 1 heterocycles. The molecular weight excluding hydrogens is 689 g/mol. The number of carbonyl (C=O) groups excluding carboxylic acids is 1. The summed E-state index contributed by atoms with van der Waals surface area (Å²) in [4.78, 5) is 17.6. The number of ether oxygens (including phenoxy) is 1. The molecule has 1 aliphatic rings. The number of benzene rings is 3. The number of amides is 1. The topological polar surface area (TPSA) is 79.8 Å². The van der Waals surface area contributed by atoms with Crippen molar-refractivity contribution in [1.29, 1.82) is 0 Å². The molecule has 0 atom stereocenters. The van der Waals surface area contributed by atoms with Crippen LogP contribution in [0.15, 0.2) is 65.7 Å². The minimum atomic E-state index is -5.54. The SMILES string of the molecule is COc1ccc(N(Cc2cc(C3CC3)cc(C(C)(C)C)c2)C(=O)CN(Cc2ccc(Cl)cc2)S(=O)(=O)c2c(F)c(F)c(F)c(F)c2F)cn1. The quantitative estimate of drug-likeness (QED) is 0.0891. The fraction of sp³-hybridized carbons (Fsp3) is 0.314. The van der Waals surface area contributed by atoms with Crippen LogP contribution < -0.4 is 9.64 Å². The van der Waals surface area contributed by atoms with Gasteiger partial charge in [0, 0.05) is 17.6 Å². The van der Waals surface area contributed by atoms with Gasteiger partial charge in [0.05, 0.1) is 32.1 Å².